The lowest BCUT2D eigenvalue weighted by molar-refractivity contribution is -0.141. The maximum atomic E-state index is 12.7. The fraction of sp³-hybridized carbons (Fsp3) is 0.250. The fourth-order valence-corrected chi connectivity index (χ4v) is 1.87. The predicted molar refractivity (Wildman–Crippen MR) is 66.6 cm³/mol. The summed E-state index contributed by atoms with van der Waals surface area (Å²) in [7, 11) is 0. The van der Waals surface area contributed by atoms with Crippen molar-refractivity contribution in [3.05, 3.63) is 41.7 Å². The molecule has 0 unspecified atom stereocenters. The van der Waals surface area contributed by atoms with Crippen LogP contribution in [0.1, 0.15) is 17.1 Å². The fourth-order valence-electron chi connectivity index (χ4n) is 1.87. The number of nitrogens with one attached hydrogen (secondary N) is 1. The van der Waals surface area contributed by atoms with Crippen LogP contribution in [0.2, 0.25) is 0 Å². The van der Waals surface area contributed by atoms with E-state index in [9.17, 15) is 13.2 Å². The maximum absolute atomic E-state index is 12.7. The quantitative estimate of drug-likeness (QED) is 0.805. The van der Waals surface area contributed by atoms with Crippen LogP contribution < -0.4 is 5.32 Å². The molecule has 0 aromatic carbocycles. The highest BCUT2D eigenvalue weighted by atomic mass is 19.4. The average Bonchev–Trinajstić information content (AvgIpc) is 3.01. The maximum Gasteiger partial charge on any atom is 0.435 e. The molecule has 0 bridgehead atoms. The second-order valence-electron chi connectivity index (χ2n) is 4.42. The van der Waals surface area contributed by atoms with E-state index in [0.29, 0.717) is 5.76 Å². The first-order chi connectivity index (χ1) is 9.93. The Morgan fingerprint density at radius 1 is 1.33 bits per heavy atom. The van der Waals surface area contributed by atoms with Crippen LogP contribution in [0.25, 0.3) is 5.52 Å². The number of fused-ring (bicyclic) bond motifs is 1. The van der Waals surface area contributed by atoms with Gasteiger partial charge in [-0.1, -0.05) is 5.16 Å². The Hall–Kier alpha value is -2.58. The molecule has 0 fully saturated rings. The van der Waals surface area contributed by atoms with Crippen LogP contribution in [-0.2, 0) is 12.7 Å². The second-order valence-corrected chi connectivity index (χ2v) is 4.42. The van der Waals surface area contributed by atoms with Gasteiger partial charge in [0.05, 0.1) is 12.2 Å². The van der Waals surface area contributed by atoms with E-state index in [1.807, 2.05) is 0 Å². The van der Waals surface area contributed by atoms with E-state index >= 15 is 0 Å². The molecule has 0 aliphatic rings. The van der Waals surface area contributed by atoms with Crippen LogP contribution in [-0.4, -0.2) is 19.8 Å². The summed E-state index contributed by atoms with van der Waals surface area (Å²) in [5, 5.41) is 10.1. The van der Waals surface area contributed by atoms with Crippen LogP contribution in [0.4, 0.5) is 19.0 Å². The summed E-state index contributed by atoms with van der Waals surface area (Å²) in [4.78, 5) is 4.02. The molecule has 3 aromatic rings. The van der Waals surface area contributed by atoms with Gasteiger partial charge in [-0.3, -0.25) is 0 Å². The molecular weight excluding hydrogens is 287 g/mol. The Morgan fingerprint density at radius 2 is 2.14 bits per heavy atom. The van der Waals surface area contributed by atoms with Gasteiger partial charge in [0, 0.05) is 24.5 Å². The number of nitrogens with zero attached hydrogens (tertiary/aromatic N) is 4. The lowest BCUT2D eigenvalue weighted by Crippen LogP contribution is -2.05. The monoisotopic (exact) mass is 297 g/mol. The minimum atomic E-state index is -4.49. The minimum Gasteiger partial charge on any atom is -0.361 e. The summed E-state index contributed by atoms with van der Waals surface area (Å²) in [5.41, 5.74) is -0.00296. The molecule has 21 heavy (non-hydrogen) atoms. The molecular formula is C12H10F3N5O. The van der Waals surface area contributed by atoms with Crippen LogP contribution in [0, 0.1) is 6.92 Å². The first-order valence-corrected chi connectivity index (χ1v) is 6.01. The minimum absolute atomic E-state index is 0.237. The van der Waals surface area contributed by atoms with Crippen molar-refractivity contribution in [2.75, 3.05) is 5.32 Å². The number of rotatable bonds is 3. The van der Waals surface area contributed by atoms with E-state index in [4.69, 9.17) is 4.52 Å². The summed E-state index contributed by atoms with van der Waals surface area (Å²) >= 11 is 0. The summed E-state index contributed by atoms with van der Waals surface area (Å²) in [5.74, 6) is 0.849. The van der Waals surface area contributed by atoms with Gasteiger partial charge < -0.3 is 9.84 Å². The molecule has 1 N–H and O–H groups in total. The molecule has 3 heterocycles. The standard InChI is InChI=1S/C12H10F3N5O/c1-7-4-8(21-19-7)6-17-11-9-5-10(12(13,14)15)18-20(9)3-2-16-11/h2-5H,6H2,1H3,(H,16,17). The van der Waals surface area contributed by atoms with E-state index in [0.717, 1.165) is 16.3 Å². The number of hydrogen-bond acceptors (Lipinski definition) is 5. The third kappa shape index (κ3) is 2.67. The van der Waals surface area contributed by atoms with Crippen molar-refractivity contribution in [3.8, 4) is 0 Å². The molecule has 3 aromatic heterocycles. The van der Waals surface area contributed by atoms with Gasteiger partial charge in [-0.25, -0.2) is 9.50 Å². The van der Waals surface area contributed by atoms with Gasteiger partial charge in [-0.15, -0.1) is 0 Å². The van der Waals surface area contributed by atoms with E-state index < -0.39 is 11.9 Å². The largest absolute Gasteiger partial charge is 0.435 e. The van der Waals surface area contributed by atoms with Gasteiger partial charge in [0.1, 0.15) is 5.52 Å². The molecule has 0 radical (unpaired) electrons. The predicted octanol–water partition coefficient (Wildman–Crippen LogP) is 2.66. The number of alkyl halides is 3. The Bertz CT molecular complexity index is 777. The zero-order valence-corrected chi connectivity index (χ0v) is 10.8. The third-order valence-corrected chi connectivity index (χ3v) is 2.79. The summed E-state index contributed by atoms with van der Waals surface area (Å²) in [6, 6.07) is 2.67. The Balaban J connectivity index is 1.89. The lowest BCUT2D eigenvalue weighted by atomic mass is 10.3. The number of aromatic nitrogens is 4. The Labute approximate surface area is 116 Å². The van der Waals surface area contributed by atoms with Crippen molar-refractivity contribution >= 4 is 11.3 Å². The number of anilines is 1. The van der Waals surface area contributed by atoms with Gasteiger partial charge in [0.15, 0.2) is 17.3 Å². The van der Waals surface area contributed by atoms with Crippen LogP contribution in [0.15, 0.2) is 29.0 Å². The molecule has 110 valence electrons. The lowest BCUT2D eigenvalue weighted by Gasteiger charge is -2.04. The molecule has 0 atom stereocenters. The highest BCUT2D eigenvalue weighted by Gasteiger charge is 2.34. The van der Waals surface area contributed by atoms with Crippen molar-refractivity contribution in [1.29, 1.82) is 0 Å². The molecule has 0 aliphatic carbocycles. The van der Waals surface area contributed by atoms with E-state index in [2.05, 4.69) is 20.6 Å². The Morgan fingerprint density at radius 3 is 2.81 bits per heavy atom. The molecule has 0 aliphatic heterocycles. The molecule has 3 rings (SSSR count). The first-order valence-electron chi connectivity index (χ1n) is 6.01. The van der Waals surface area contributed by atoms with Gasteiger partial charge in [0.25, 0.3) is 0 Å². The van der Waals surface area contributed by atoms with Crippen molar-refractivity contribution in [2.45, 2.75) is 19.6 Å². The van der Waals surface area contributed by atoms with E-state index in [1.165, 1.54) is 12.4 Å². The molecule has 0 spiro atoms. The zero-order valence-electron chi connectivity index (χ0n) is 10.8. The normalized spacial score (nSPS) is 12.0. The van der Waals surface area contributed by atoms with Crippen LogP contribution in [0.5, 0.6) is 0 Å². The van der Waals surface area contributed by atoms with Gasteiger partial charge in [-0.2, -0.15) is 18.3 Å². The van der Waals surface area contributed by atoms with Gasteiger partial charge in [-0.05, 0) is 6.92 Å². The Kier molecular flexibility index (Phi) is 3.04. The van der Waals surface area contributed by atoms with Crippen molar-refractivity contribution in [1.82, 2.24) is 19.8 Å². The van der Waals surface area contributed by atoms with E-state index in [-0.39, 0.29) is 17.9 Å². The van der Waals surface area contributed by atoms with Crippen LogP contribution in [0.3, 0.4) is 0 Å². The number of aryl methyl sites for hydroxylation is 1. The van der Waals surface area contributed by atoms with Crippen molar-refractivity contribution in [3.63, 3.8) is 0 Å². The molecule has 0 amide bonds. The third-order valence-electron chi connectivity index (χ3n) is 2.79. The second kappa shape index (κ2) is 4.76. The van der Waals surface area contributed by atoms with E-state index in [1.54, 1.807) is 13.0 Å². The smallest absolute Gasteiger partial charge is 0.361 e. The zero-order chi connectivity index (χ0) is 15.0. The van der Waals surface area contributed by atoms with Crippen molar-refractivity contribution < 1.29 is 17.7 Å². The molecule has 9 heteroatoms. The topological polar surface area (TPSA) is 68.2 Å². The SMILES string of the molecule is Cc1cc(CNc2nccn3nc(C(F)(F)F)cc23)on1. The van der Waals surface area contributed by atoms with Crippen LogP contribution >= 0.6 is 0 Å². The molecule has 0 saturated carbocycles. The summed E-state index contributed by atoms with van der Waals surface area (Å²) in [6.45, 7) is 2.04. The van der Waals surface area contributed by atoms with Gasteiger partial charge in [0.2, 0.25) is 0 Å². The van der Waals surface area contributed by atoms with Crippen molar-refractivity contribution in [2.24, 2.45) is 0 Å². The summed E-state index contributed by atoms with van der Waals surface area (Å²) < 4.78 is 44.2. The average molecular weight is 297 g/mol. The highest BCUT2D eigenvalue weighted by molar-refractivity contribution is 5.67. The summed E-state index contributed by atoms with van der Waals surface area (Å²) in [6.07, 6.45) is -1.77. The molecule has 6 nitrogen and oxygen atoms in total. The van der Waals surface area contributed by atoms with Gasteiger partial charge >= 0.3 is 6.18 Å². The number of hydrogen-bond donors (Lipinski definition) is 1. The highest BCUT2D eigenvalue weighted by Crippen LogP contribution is 2.30. The first kappa shape index (κ1) is 13.4. The molecule has 0 saturated heterocycles. The number of halogens is 3.